The highest BCUT2D eigenvalue weighted by Gasteiger charge is 2.30. The Labute approximate surface area is 138 Å². The van der Waals surface area contributed by atoms with Gasteiger partial charge in [-0.05, 0) is 46.6 Å². The molecule has 0 radical (unpaired) electrons. The number of hydrogen-bond donors (Lipinski definition) is 1. The second kappa shape index (κ2) is 5.67. The van der Waals surface area contributed by atoms with Gasteiger partial charge in [0, 0.05) is 29.0 Å². The summed E-state index contributed by atoms with van der Waals surface area (Å²) in [6.45, 7) is 7.76. The smallest absolute Gasteiger partial charge is 0.157 e. The molecule has 1 fully saturated rings. The van der Waals surface area contributed by atoms with E-state index in [0.29, 0.717) is 11.1 Å². The van der Waals surface area contributed by atoms with E-state index in [2.05, 4.69) is 14.8 Å². The van der Waals surface area contributed by atoms with Crippen LogP contribution in [0.15, 0.2) is 12.1 Å². The molecule has 0 spiro atoms. The molecule has 0 bridgehead atoms. The van der Waals surface area contributed by atoms with Gasteiger partial charge >= 0.3 is 0 Å². The predicted octanol–water partition coefficient (Wildman–Crippen LogP) is 3.37. The zero-order chi connectivity index (χ0) is 16.1. The Hall–Kier alpha value is -0.820. The van der Waals surface area contributed by atoms with Crippen molar-refractivity contribution in [2.75, 3.05) is 0 Å². The van der Waals surface area contributed by atoms with Gasteiger partial charge in [0.25, 0.3) is 0 Å². The van der Waals surface area contributed by atoms with Gasteiger partial charge in [0.05, 0.1) is 11.7 Å². The molecule has 2 atom stereocenters. The molecule has 22 heavy (non-hydrogen) atoms. The van der Waals surface area contributed by atoms with E-state index in [9.17, 15) is 4.55 Å². The van der Waals surface area contributed by atoms with Crippen molar-refractivity contribution in [2.24, 2.45) is 0 Å². The second-order valence-electron chi connectivity index (χ2n) is 6.84. The molecular weight excluding hydrogens is 320 g/mol. The Morgan fingerprint density at radius 1 is 1.41 bits per heavy atom. The summed E-state index contributed by atoms with van der Waals surface area (Å²) in [6.07, 6.45) is 2.37. The van der Waals surface area contributed by atoms with Crippen LogP contribution in [0.2, 0.25) is 5.15 Å². The quantitative estimate of drug-likeness (QED) is 0.684. The number of nitrogens with one attached hydrogen (secondary N) is 1. The molecule has 5 nitrogen and oxygen atoms in total. The van der Waals surface area contributed by atoms with E-state index in [1.54, 1.807) is 4.52 Å². The van der Waals surface area contributed by atoms with Gasteiger partial charge in [0.15, 0.2) is 5.65 Å². The summed E-state index contributed by atoms with van der Waals surface area (Å²) in [5, 5.41) is 5.06. The monoisotopic (exact) mass is 340 g/mol. The van der Waals surface area contributed by atoms with E-state index in [4.69, 9.17) is 11.6 Å². The van der Waals surface area contributed by atoms with Crippen molar-refractivity contribution in [3.63, 3.8) is 0 Å². The zero-order valence-corrected chi connectivity index (χ0v) is 14.8. The molecule has 2 aromatic heterocycles. The lowest BCUT2D eigenvalue weighted by atomic mass is 10.2. The van der Waals surface area contributed by atoms with Crippen molar-refractivity contribution in [2.45, 2.75) is 57.2 Å². The minimum absolute atomic E-state index is 0.137. The number of rotatable bonds is 4. The third-order valence-electron chi connectivity index (χ3n) is 3.70. The summed E-state index contributed by atoms with van der Waals surface area (Å²) < 4.78 is 16.6. The Morgan fingerprint density at radius 2 is 2.09 bits per heavy atom. The van der Waals surface area contributed by atoms with Crippen molar-refractivity contribution < 1.29 is 4.55 Å². The maximum Gasteiger partial charge on any atom is 0.157 e. The number of aromatic nitrogens is 3. The number of fused-ring (bicyclic) bond motifs is 1. The number of nitrogens with zero attached hydrogens (tertiary/aromatic N) is 3. The van der Waals surface area contributed by atoms with Gasteiger partial charge in [-0.2, -0.15) is 5.10 Å². The highest BCUT2D eigenvalue weighted by Crippen LogP contribution is 2.40. The van der Waals surface area contributed by atoms with E-state index >= 15 is 0 Å². The normalized spacial score (nSPS) is 18.6. The lowest BCUT2D eigenvalue weighted by Gasteiger charge is -2.25. The van der Waals surface area contributed by atoms with Gasteiger partial charge in [0.2, 0.25) is 0 Å². The van der Waals surface area contributed by atoms with Crippen LogP contribution >= 0.6 is 11.6 Å². The third-order valence-corrected chi connectivity index (χ3v) is 5.65. The number of halogens is 1. The SMILES string of the molecule is C[C@@H](N[S@+]([O-])C(C)(C)C)c1cc2nc(C3CC3)cc(Cl)n2n1. The van der Waals surface area contributed by atoms with Crippen molar-refractivity contribution in [3.05, 3.63) is 28.7 Å². The number of hydrogen-bond acceptors (Lipinski definition) is 4. The van der Waals surface area contributed by atoms with Gasteiger partial charge < -0.3 is 4.55 Å². The molecule has 2 heterocycles. The first-order valence-electron chi connectivity index (χ1n) is 7.50. The molecule has 1 aliphatic carbocycles. The lowest BCUT2D eigenvalue weighted by Crippen LogP contribution is -2.40. The molecular formula is C15H21ClN4OS. The fraction of sp³-hybridized carbons (Fsp3) is 0.600. The standard InChI is InChI=1S/C15H21ClN4OS/c1-9(19-22(21)15(2,3)4)11-8-14-17-12(10-5-6-10)7-13(16)20(14)18-11/h7-10,19H,5-6H2,1-4H3/t9-,22-/m1/s1. The topological polar surface area (TPSA) is 65.3 Å². The van der Waals surface area contributed by atoms with Gasteiger partial charge in [-0.15, -0.1) is 4.72 Å². The first-order valence-corrected chi connectivity index (χ1v) is 9.02. The Kier molecular flexibility index (Phi) is 4.14. The van der Waals surface area contributed by atoms with Crippen LogP contribution in [0.5, 0.6) is 0 Å². The fourth-order valence-corrected chi connectivity index (χ4v) is 3.20. The molecule has 2 aromatic rings. The molecule has 0 saturated heterocycles. The summed E-state index contributed by atoms with van der Waals surface area (Å²) in [5.41, 5.74) is 2.59. The largest absolute Gasteiger partial charge is 0.598 e. The van der Waals surface area contributed by atoms with Gasteiger partial charge in [-0.1, -0.05) is 11.6 Å². The maximum atomic E-state index is 12.2. The first-order chi connectivity index (χ1) is 10.3. The molecule has 0 aliphatic heterocycles. The van der Waals surface area contributed by atoms with E-state index in [-0.39, 0.29) is 10.8 Å². The van der Waals surface area contributed by atoms with Crippen LogP contribution < -0.4 is 4.72 Å². The van der Waals surface area contributed by atoms with Crippen molar-refractivity contribution >= 4 is 28.6 Å². The third kappa shape index (κ3) is 3.25. The van der Waals surface area contributed by atoms with Crippen LogP contribution in [-0.2, 0) is 11.4 Å². The molecule has 0 aromatic carbocycles. The summed E-state index contributed by atoms with van der Waals surface area (Å²) in [4.78, 5) is 4.64. The highest BCUT2D eigenvalue weighted by molar-refractivity contribution is 7.90. The molecule has 1 N–H and O–H groups in total. The highest BCUT2D eigenvalue weighted by atomic mass is 35.5. The van der Waals surface area contributed by atoms with Gasteiger partial charge in [0.1, 0.15) is 9.90 Å². The minimum Gasteiger partial charge on any atom is -0.598 e. The Balaban J connectivity index is 1.86. The van der Waals surface area contributed by atoms with Crippen molar-refractivity contribution in [1.29, 1.82) is 0 Å². The van der Waals surface area contributed by atoms with Crippen LogP contribution in [0, 0.1) is 0 Å². The molecule has 1 aliphatic rings. The van der Waals surface area contributed by atoms with Gasteiger partial charge in [-0.25, -0.2) is 9.50 Å². The van der Waals surface area contributed by atoms with Crippen LogP contribution in [0.4, 0.5) is 0 Å². The maximum absolute atomic E-state index is 12.2. The average molecular weight is 341 g/mol. The summed E-state index contributed by atoms with van der Waals surface area (Å²) in [6, 6.07) is 3.67. The molecule has 1 saturated carbocycles. The summed E-state index contributed by atoms with van der Waals surface area (Å²) >= 11 is 5.16. The molecule has 0 amide bonds. The minimum atomic E-state index is -1.15. The van der Waals surface area contributed by atoms with E-state index < -0.39 is 11.4 Å². The summed E-state index contributed by atoms with van der Waals surface area (Å²) in [7, 11) is 0. The van der Waals surface area contributed by atoms with Crippen LogP contribution in [-0.4, -0.2) is 23.9 Å². The van der Waals surface area contributed by atoms with Crippen molar-refractivity contribution in [3.8, 4) is 0 Å². The van der Waals surface area contributed by atoms with E-state index in [1.165, 1.54) is 12.8 Å². The van der Waals surface area contributed by atoms with Crippen LogP contribution in [0.3, 0.4) is 0 Å². The Morgan fingerprint density at radius 3 is 2.68 bits per heavy atom. The van der Waals surface area contributed by atoms with Gasteiger partial charge in [-0.3, -0.25) is 0 Å². The molecule has 120 valence electrons. The van der Waals surface area contributed by atoms with Crippen LogP contribution in [0.25, 0.3) is 5.65 Å². The summed E-state index contributed by atoms with van der Waals surface area (Å²) in [5.74, 6) is 0.546. The van der Waals surface area contributed by atoms with E-state index in [0.717, 1.165) is 17.0 Å². The lowest BCUT2D eigenvalue weighted by molar-refractivity contribution is 0.528. The van der Waals surface area contributed by atoms with Crippen LogP contribution in [0.1, 0.15) is 63.9 Å². The predicted molar refractivity (Wildman–Crippen MR) is 89.4 cm³/mol. The first kappa shape index (κ1) is 16.1. The molecule has 0 unspecified atom stereocenters. The fourth-order valence-electron chi connectivity index (χ4n) is 2.17. The molecule has 3 rings (SSSR count). The zero-order valence-electron chi connectivity index (χ0n) is 13.3. The molecule has 7 heteroatoms. The Bertz CT molecular complexity index is 693. The van der Waals surface area contributed by atoms with E-state index in [1.807, 2.05) is 39.8 Å². The second-order valence-corrected chi connectivity index (χ2v) is 9.22. The van der Waals surface area contributed by atoms with Crippen molar-refractivity contribution in [1.82, 2.24) is 19.3 Å². The average Bonchev–Trinajstić information content (AvgIpc) is 3.17.